The van der Waals surface area contributed by atoms with Crippen LogP contribution in [0.3, 0.4) is 0 Å². The molecule has 2 aromatic rings. The quantitative estimate of drug-likeness (QED) is 0.822. The van der Waals surface area contributed by atoms with Gasteiger partial charge in [-0.1, -0.05) is 0 Å². The Hall–Kier alpha value is -2.28. The van der Waals surface area contributed by atoms with Gasteiger partial charge < -0.3 is 9.64 Å². The van der Waals surface area contributed by atoms with Crippen LogP contribution in [0.4, 0.5) is 0 Å². The first kappa shape index (κ1) is 18.5. The number of nitrogens with zero attached hydrogens (tertiary/aromatic N) is 5. The molecule has 7 nitrogen and oxygen atoms in total. The molecular weight excluding hydrogens is 330 g/mol. The number of aromatic nitrogens is 4. The molecule has 0 unspecified atom stereocenters. The highest BCUT2D eigenvalue weighted by Crippen LogP contribution is 2.32. The highest BCUT2D eigenvalue weighted by Gasteiger charge is 2.29. The summed E-state index contributed by atoms with van der Waals surface area (Å²) in [5, 5.41) is 4.41. The van der Waals surface area contributed by atoms with Gasteiger partial charge in [0, 0.05) is 25.9 Å². The van der Waals surface area contributed by atoms with Crippen molar-refractivity contribution in [2.75, 3.05) is 20.3 Å². The average molecular weight is 357 g/mol. The van der Waals surface area contributed by atoms with Crippen molar-refractivity contribution in [3.63, 3.8) is 0 Å². The fourth-order valence-corrected chi connectivity index (χ4v) is 3.57. The highest BCUT2D eigenvalue weighted by atomic mass is 16.5. The first-order valence-electron chi connectivity index (χ1n) is 9.19. The molecule has 3 heterocycles. The smallest absolute Gasteiger partial charge is 0.249 e. The number of amides is 1. The molecule has 1 amide bonds. The van der Waals surface area contributed by atoms with Gasteiger partial charge in [-0.25, -0.2) is 9.97 Å². The Morgan fingerprint density at radius 3 is 2.88 bits per heavy atom. The third-order valence-corrected chi connectivity index (χ3v) is 4.71. The number of likely N-dealkylation sites (tertiary alicyclic amines) is 1. The first-order valence-corrected chi connectivity index (χ1v) is 9.19. The molecule has 1 saturated heterocycles. The molecule has 1 aliphatic heterocycles. The van der Waals surface area contributed by atoms with E-state index in [4.69, 9.17) is 4.74 Å². The number of carbonyl (C=O) groups is 1. The molecular formula is C19H27N5O2. The topological polar surface area (TPSA) is 73.1 Å². The van der Waals surface area contributed by atoms with Crippen molar-refractivity contribution in [2.24, 2.45) is 0 Å². The molecule has 140 valence electrons. The Kier molecular flexibility index (Phi) is 5.66. The van der Waals surface area contributed by atoms with E-state index in [0.29, 0.717) is 5.82 Å². The van der Waals surface area contributed by atoms with Gasteiger partial charge in [-0.2, -0.15) is 5.10 Å². The number of hydrogen-bond donors (Lipinski definition) is 0. The number of hydrogen-bond acceptors (Lipinski definition) is 5. The molecule has 1 fully saturated rings. The summed E-state index contributed by atoms with van der Waals surface area (Å²) in [6, 6.07) is 4.20. The van der Waals surface area contributed by atoms with Crippen LogP contribution in [0.15, 0.2) is 18.3 Å². The number of ether oxygens (including phenoxy) is 1. The summed E-state index contributed by atoms with van der Waals surface area (Å²) >= 11 is 0. The molecule has 0 radical (unpaired) electrons. The molecule has 7 heteroatoms. The van der Waals surface area contributed by atoms with Crippen molar-refractivity contribution in [2.45, 2.75) is 52.1 Å². The summed E-state index contributed by atoms with van der Waals surface area (Å²) in [4.78, 5) is 23.6. The van der Waals surface area contributed by atoms with Crippen LogP contribution in [0.2, 0.25) is 0 Å². The second kappa shape index (κ2) is 7.95. The predicted molar refractivity (Wildman–Crippen MR) is 98.6 cm³/mol. The Morgan fingerprint density at radius 1 is 1.35 bits per heavy atom. The van der Waals surface area contributed by atoms with Crippen LogP contribution in [0.1, 0.15) is 56.7 Å². The molecule has 0 N–H and O–H groups in total. The van der Waals surface area contributed by atoms with E-state index in [1.54, 1.807) is 13.3 Å². The van der Waals surface area contributed by atoms with Crippen molar-refractivity contribution in [1.29, 1.82) is 0 Å². The van der Waals surface area contributed by atoms with Crippen LogP contribution in [-0.4, -0.2) is 50.8 Å². The lowest BCUT2D eigenvalue weighted by Gasteiger charge is -2.35. The molecule has 26 heavy (non-hydrogen) atoms. The zero-order chi connectivity index (χ0) is 18.7. The van der Waals surface area contributed by atoms with Crippen molar-refractivity contribution < 1.29 is 9.53 Å². The second-order valence-electron chi connectivity index (χ2n) is 7.01. The summed E-state index contributed by atoms with van der Waals surface area (Å²) in [6.07, 6.45) is 4.81. The van der Waals surface area contributed by atoms with Gasteiger partial charge in [0.2, 0.25) is 5.91 Å². The number of piperidine rings is 1. The van der Waals surface area contributed by atoms with Crippen LogP contribution in [-0.2, 0) is 9.53 Å². The van der Waals surface area contributed by atoms with Crippen LogP contribution in [0.5, 0.6) is 0 Å². The van der Waals surface area contributed by atoms with Gasteiger partial charge in [-0.15, -0.1) is 0 Å². The summed E-state index contributed by atoms with van der Waals surface area (Å²) in [6.45, 7) is 6.94. The third kappa shape index (κ3) is 3.77. The lowest BCUT2D eigenvalue weighted by Crippen LogP contribution is -2.40. The van der Waals surface area contributed by atoms with Crippen molar-refractivity contribution >= 4 is 5.91 Å². The zero-order valence-electron chi connectivity index (χ0n) is 16.0. The maximum Gasteiger partial charge on any atom is 0.249 e. The predicted octanol–water partition coefficient (Wildman–Crippen LogP) is 2.93. The maximum absolute atomic E-state index is 12.5. The number of carbonyl (C=O) groups excluding carboxylic acids is 1. The van der Waals surface area contributed by atoms with E-state index < -0.39 is 0 Å². The SMILES string of the molecule is COCC(=O)N1CCCC[C@@H]1c1cc(-c2ccnn2C(C)C)nc(C)n1. The molecule has 0 aromatic carbocycles. The van der Waals surface area contributed by atoms with Gasteiger partial charge in [-0.05, 0) is 52.2 Å². The van der Waals surface area contributed by atoms with E-state index in [9.17, 15) is 4.79 Å². The Balaban J connectivity index is 1.98. The van der Waals surface area contributed by atoms with Gasteiger partial charge in [-0.3, -0.25) is 9.48 Å². The standard InChI is InChI=1S/C19H27N5O2/c1-13(2)24-18(8-9-20-24)16-11-15(21-14(3)22-16)17-7-5-6-10-23(17)19(25)12-26-4/h8-9,11,13,17H,5-7,10,12H2,1-4H3/t17-/m1/s1. The van der Waals surface area contributed by atoms with E-state index in [0.717, 1.165) is 42.9 Å². The van der Waals surface area contributed by atoms with Gasteiger partial charge in [0.15, 0.2) is 0 Å². The average Bonchev–Trinajstić information content (AvgIpc) is 3.11. The molecule has 3 rings (SSSR count). The van der Waals surface area contributed by atoms with Gasteiger partial charge in [0.05, 0.1) is 23.1 Å². The molecule has 1 aliphatic rings. The molecule has 0 aliphatic carbocycles. The number of methoxy groups -OCH3 is 1. The Labute approximate surface area is 154 Å². The second-order valence-corrected chi connectivity index (χ2v) is 7.01. The summed E-state index contributed by atoms with van der Waals surface area (Å²) < 4.78 is 7.01. The largest absolute Gasteiger partial charge is 0.375 e. The van der Waals surface area contributed by atoms with E-state index >= 15 is 0 Å². The number of rotatable bonds is 5. The monoisotopic (exact) mass is 357 g/mol. The molecule has 2 aromatic heterocycles. The Morgan fingerprint density at radius 2 is 2.15 bits per heavy atom. The van der Waals surface area contributed by atoms with Crippen LogP contribution < -0.4 is 0 Å². The third-order valence-electron chi connectivity index (χ3n) is 4.71. The lowest BCUT2D eigenvalue weighted by atomic mass is 9.98. The highest BCUT2D eigenvalue weighted by molar-refractivity contribution is 5.78. The van der Waals surface area contributed by atoms with E-state index in [2.05, 4.69) is 28.9 Å². The van der Waals surface area contributed by atoms with E-state index in [1.165, 1.54) is 0 Å². The fourth-order valence-electron chi connectivity index (χ4n) is 3.57. The molecule has 0 saturated carbocycles. The first-order chi connectivity index (χ1) is 12.5. The van der Waals surface area contributed by atoms with Gasteiger partial charge >= 0.3 is 0 Å². The van der Waals surface area contributed by atoms with E-state index in [-0.39, 0.29) is 24.6 Å². The summed E-state index contributed by atoms with van der Waals surface area (Å²) in [5.41, 5.74) is 2.72. The van der Waals surface area contributed by atoms with Crippen molar-refractivity contribution in [3.8, 4) is 11.4 Å². The summed E-state index contributed by atoms with van der Waals surface area (Å²) in [5.74, 6) is 0.723. The summed E-state index contributed by atoms with van der Waals surface area (Å²) in [7, 11) is 1.55. The van der Waals surface area contributed by atoms with E-state index in [1.807, 2.05) is 28.6 Å². The van der Waals surface area contributed by atoms with Crippen LogP contribution in [0.25, 0.3) is 11.4 Å². The minimum atomic E-state index is -0.0257. The van der Waals surface area contributed by atoms with Gasteiger partial charge in [0.1, 0.15) is 12.4 Å². The van der Waals surface area contributed by atoms with Crippen LogP contribution >= 0.6 is 0 Å². The Bertz CT molecular complexity index is 771. The minimum Gasteiger partial charge on any atom is -0.375 e. The minimum absolute atomic E-state index is 0.0160. The number of aryl methyl sites for hydroxylation is 1. The van der Waals surface area contributed by atoms with Crippen molar-refractivity contribution in [1.82, 2.24) is 24.6 Å². The maximum atomic E-state index is 12.5. The van der Waals surface area contributed by atoms with Crippen molar-refractivity contribution in [3.05, 3.63) is 29.8 Å². The van der Waals surface area contributed by atoms with Crippen LogP contribution in [0, 0.1) is 6.92 Å². The lowest BCUT2D eigenvalue weighted by molar-refractivity contribution is -0.139. The van der Waals surface area contributed by atoms with Gasteiger partial charge in [0.25, 0.3) is 0 Å². The molecule has 0 bridgehead atoms. The molecule has 1 atom stereocenters. The normalized spacial score (nSPS) is 17.7. The zero-order valence-corrected chi connectivity index (χ0v) is 16.0. The fraction of sp³-hybridized carbons (Fsp3) is 0.579. The molecule has 0 spiro atoms.